The van der Waals surface area contributed by atoms with E-state index in [1.807, 2.05) is 19.1 Å². The molecule has 0 saturated carbocycles. The van der Waals surface area contributed by atoms with Crippen LogP contribution in [0.5, 0.6) is 0 Å². The molecule has 8 heteroatoms. The molecule has 0 aliphatic heterocycles. The number of halogens is 3. The molecule has 1 heterocycles. The maximum atomic E-state index is 12.8. The van der Waals surface area contributed by atoms with Gasteiger partial charge in [-0.2, -0.15) is 13.2 Å². The minimum Gasteiger partial charge on any atom is -0.478 e. The van der Waals surface area contributed by atoms with Crippen LogP contribution < -0.4 is 5.32 Å². The maximum absolute atomic E-state index is 12.8. The molecule has 29 heavy (non-hydrogen) atoms. The van der Waals surface area contributed by atoms with Crippen LogP contribution in [-0.4, -0.2) is 28.8 Å². The number of benzene rings is 1. The van der Waals surface area contributed by atoms with E-state index < -0.39 is 23.8 Å². The highest BCUT2D eigenvalue weighted by molar-refractivity contribution is 7.13. The van der Waals surface area contributed by atoms with Gasteiger partial charge >= 0.3 is 12.1 Å². The first-order valence-electron chi connectivity index (χ1n) is 9.15. The molecule has 0 aliphatic carbocycles. The molecule has 158 valence electrons. The number of aliphatic carboxylic acids is 1. The summed E-state index contributed by atoms with van der Waals surface area (Å²) in [6.45, 7) is 3.85. The van der Waals surface area contributed by atoms with Crippen LogP contribution in [0.4, 0.5) is 13.2 Å². The molecule has 2 rings (SSSR count). The van der Waals surface area contributed by atoms with Crippen molar-refractivity contribution in [3.05, 3.63) is 63.4 Å². The van der Waals surface area contributed by atoms with Gasteiger partial charge < -0.3 is 15.5 Å². The Morgan fingerprint density at radius 3 is 2.66 bits per heavy atom. The van der Waals surface area contributed by atoms with Crippen molar-refractivity contribution in [1.82, 2.24) is 5.32 Å². The zero-order valence-electron chi connectivity index (χ0n) is 16.2. The van der Waals surface area contributed by atoms with Crippen molar-refractivity contribution in [2.75, 3.05) is 6.54 Å². The summed E-state index contributed by atoms with van der Waals surface area (Å²) in [4.78, 5) is 12.8. The topological polar surface area (TPSA) is 69.6 Å². The lowest BCUT2D eigenvalue weighted by molar-refractivity contribution is -0.137. The highest BCUT2D eigenvalue weighted by Gasteiger charge is 2.30. The number of alkyl halides is 3. The van der Waals surface area contributed by atoms with E-state index in [-0.39, 0.29) is 18.2 Å². The number of carboxylic acid groups (broad SMARTS) is 1. The first-order chi connectivity index (χ1) is 13.6. The Morgan fingerprint density at radius 2 is 2.00 bits per heavy atom. The summed E-state index contributed by atoms with van der Waals surface area (Å²) in [6, 6.07) is 8.63. The highest BCUT2D eigenvalue weighted by Crippen LogP contribution is 2.30. The van der Waals surface area contributed by atoms with Crippen molar-refractivity contribution in [3.8, 4) is 0 Å². The summed E-state index contributed by atoms with van der Waals surface area (Å²) < 4.78 is 38.4. The van der Waals surface area contributed by atoms with Crippen molar-refractivity contribution >= 4 is 22.9 Å². The number of rotatable bonds is 9. The van der Waals surface area contributed by atoms with E-state index in [2.05, 4.69) is 5.32 Å². The number of nitrogens with one attached hydrogen (secondary N) is 1. The molecular formula is C21H24F3NO3S. The van der Waals surface area contributed by atoms with Gasteiger partial charge in [0.25, 0.3) is 0 Å². The van der Waals surface area contributed by atoms with Gasteiger partial charge in [-0.05, 0) is 62.1 Å². The lowest BCUT2D eigenvalue weighted by atomic mass is 10.0. The first kappa shape index (κ1) is 23.1. The van der Waals surface area contributed by atoms with Crippen LogP contribution in [0.2, 0.25) is 0 Å². The standard InChI is InChI=1S/C21H24F3NO3S/c1-13(10-20(27)28)19-9-8-17(29-19)7-6-14(2)25-12-18(26)15-4-3-5-16(11-15)21(22,23)24/h3-5,8-11,14,18,25-26H,6-7,12H2,1-2H3,(H,27,28)/b13-10+/t14-,18+/m1/s1. The minimum atomic E-state index is -4.44. The normalized spacial score (nSPS) is 14.6. The largest absolute Gasteiger partial charge is 0.478 e. The molecule has 0 spiro atoms. The molecule has 4 nitrogen and oxygen atoms in total. The molecule has 0 radical (unpaired) electrons. The Bertz CT molecular complexity index is 861. The van der Waals surface area contributed by atoms with Crippen molar-refractivity contribution in [3.63, 3.8) is 0 Å². The average Bonchev–Trinajstić information content (AvgIpc) is 3.12. The lowest BCUT2D eigenvalue weighted by Gasteiger charge is -2.18. The molecular weight excluding hydrogens is 403 g/mol. The SMILES string of the molecule is C/C(=C\C(=O)O)c1ccc(CC[C@@H](C)NC[C@H](O)c2cccc(C(F)(F)F)c2)s1. The van der Waals surface area contributed by atoms with Gasteiger partial charge in [-0.15, -0.1) is 11.3 Å². The number of aryl methyl sites for hydroxylation is 1. The molecule has 0 aliphatic rings. The third kappa shape index (κ3) is 7.30. The number of carboxylic acids is 1. The zero-order valence-corrected chi connectivity index (χ0v) is 17.0. The summed E-state index contributed by atoms with van der Waals surface area (Å²) in [5.74, 6) is -0.977. The van der Waals surface area contributed by atoms with E-state index in [4.69, 9.17) is 5.11 Å². The quantitative estimate of drug-likeness (QED) is 0.498. The van der Waals surface area contributed by atoms with Gasteiger partial charge in [0.05, 0.1) is 11.7 Å². The third-order valence-corrected chi connectivity index (χ3v) is 5.75. The van der Waals surface area contributed by atoms with Crippen LogP contribution in [0, 0.1) is 0 Å². The molecule has 0 unspecified atom stereocenters. The van der Waals surface area contributed by atoms with Gasteiger partial charge in [0.2, 0.25) is 0 Å². The van der Waals surface area contributed by atoms with Crippen molar-refractivity contribution in [1.29, 1.82) is 0 Å². The first-order valence-corrected chi connectivity index (χ1v) is 9.97. The van der Waals surface area contributed by atoms with Crippen LogP contribution in [0.15, 0.2) is 42.5 Å². The van der Waals surface area contributed by atoms with E-state index in [1.54, 1.807) is 6.92 Å². The second kappa shape index (κ2) is 10.0. The number of thiophene rings is 1. The Hall–Kier alpha value is -2.16. The van der Waals surface area contributed by atoms with Crippen molar-refractivity contribution in [2.24, 2.45) is 0 Å². The van der Waals surface area contributed by atoms with E-state index >= 15 is 0 Å². The van der Waals surface area contributed by atoms with E-state index in [9.17, 15) is 23.1 Å². The van der Waals surface area contributed by atoms with E-state index in [1.165, 1.54) is 29.5 Å². The van der Waals surface area contributed by atoms with Crippen LogP contribution in [0.25, 0.3) is 5.57 Å². The highest BCUT2D eigenvalue weighted by atomic mass is 32.1. The van der Waals surface area contributed by atoms with Crippen LogP contribution >= 0.6 is 11.3 Å². The fourth-order valence-corrected chi connectivity index (χ4v) is 3.79. The molecule has 2 atom stereocenters. The fourth-order valence-electron chi connectivity index (χ4n) is 2.79. The lowest BCUT2D eigenvalue weighted by Crippen LogP contribution is -2.30. The van der Waals surface area contributed by atoms with Gasteiger partial charge in [0, 0.05) is 28.4 Å². The third-order valence-electron chi connectivity index (χ3n) is 4.47. The van der Waals surface area contributed by atoms with Crippen molar-refractivity contribution < 1.29 is 28.2 Å². The summed E-state index contributed by atoms with van der Waals surface area (Å²) in [5, 5.41) is 22.2. The van der Waals surface area contributed by atoms with Gasteiger partial charge in [-0.1, -0.05) is 12.1 Å². The number of allylic oxidation sites excluding steroid dienone is 1. The van der Waals surface area contributed by atoms with Gasteiger partial charge in [0.15, 0.2) is 0 Å². The fraction of sp³-hybridized carbons (Fsp3) is 0.381. The van der Waals surface area contributed by atoms with Gasteiger partial charge in [0.1, 0.15) is 0 Å². The molecule has 0 bridgehead atoms. The second-order valence-corrected chi connectivity index (χ2v) is 8.09. The minimum absolute atomic E-state index is 0.0525. The average molecular weight is 427 g/mol. The number of aliphatic hydroxyl groups excluding tert-OH is 1. The molecule has 2 aromatic rings. The number of carbonyl (C=O) groups is 1. The molecule has 3 N–H and O–H groups in total. The van der Waals surface area contributed by atoms with Crippen LogP contribution in [0.1, 0.15) is 47.3 Å². The predicted molar refractivity (Wildman–Crippen MR) is 108 cm³/mol. The summed E-state index contributed by atoms with van der Waals surface area (Å²) in [5.41, 5.74) is 0.148. The zero-order chi connectivity index (χ0) is 21.6. The second-order valence-electron chi connectivity index (χ2n) is 6.92. The van der Waals surface area contributed by atoms with Crippen molar-refractivity contribution in [2.45, 2.75) is 45.0 Å². The van der Waals surface area contributed by atoms with E-state index in [0.717, 1.165) is 34.7 Å². The summed E-state index contributed by atoms with van der Waals surface area (Å²) in [6.07, 6.45) is -2.74. The molecule has 1 aromatic heterocycles. The summed E-state index contributed by atoms with van der Waals surface area (Å²) >= 11 is 1.53. The van der Waals surface area contributed by atoms with Gasteiger partial charge in [-0.25, -0.2) is 4.79 Å². The molecule has 0 fully saturated rings. The smallest absolute Gasteiger partial charge is 0.416 e. The Kier molecular flexibility index (Phi) is 8.01. The predicted octanol–water partition coefficient (Wildman–Crippen LogP) is 4.90. The Morgan fingerprint density at radius 1 is 1.28 bits per heavy atom. The molecule has 0 saturated heterocycles. The number of hydrogen-bond donors (Lipinski definition) is 3. The Labute approximate surface area is 171 Å². The maximum Gasteiger partial charge on any atom is 0.416 e. The number of aliphatic hydroxyl groups is 1. The van der Waals surface area contributed by atoms with Crippen LogP contribution in [-0.2, 0) is 17.4 Å². The summed E-state index contributed by atoms with van der Waals surface area (Å²) in [7, 11) is 0. The number of hydrogen-bond acceptors (Lipinski definition) is 4. The molecule has 0 amide bonds. The van der Waals surface area contributed by atoms with Gasteiger partial charge in [-0.3, -0.25) is 0 Å². The van der Waals surface area contributed by atoms with Crippen LogP contribution in [0.3, 0.4) is 0 Å². The molecule has 1 aromatic carbocycles. The monoisotopic (exact) mass is 427 g/mol. The Balaban J connectivity index is 1.84. The van der Waals surface area contributed by atoms with E-state index in [0.29, 0.717) is 5.57 Å².